The Hall–Kier alpha value is -2.44. The van der Waals surface area contributed by atoms with Gasteiger partial charge in [0.25, 0.3) is 5.91 Å². The molecule has 0 aromatic carbocycles. The Morgan fingerprint density at radius 2 is 2.16 bits per heavy atom. The lowest BCUT2D eigenvalue weighted by Gasteiger charge is -2.33. The van der Waals surface area contributed by atoms with Crippen LogP contribution in [0.5, 0.6) is 0 Å². The average molecular weight is 263 g/mol. The molecule has 2 rings (SSSR count). The molecule has 1 aromatic rings. The molecule has 2 N–H and O–H groups in total. The van der Waals surface area contributed by atoms with Gasteiger partial charge in [-0.05, 0) is 6.42 Å². The third-order valence-electron chi connectivity index (χ3n) is 2.96. The number of aromatic amines is 1. The molecule has 1 aliphatic heterocycles. The van der Waals surface area contributed by atoms with Gasteiger partial charge in [0, 0.05) is 18.5 Å². The van der Waals surface area contributed by atoms with Crippen molar-refractivity contribution < 1.29 is 14.4 Å². The van der Waals surface area contributed by atoms with Gasteiger partial charge >= 0.3 is 0 Å². The van der Waals surface area contributed by atoms with Gasteiger partial charge in [-0.1, -0.05) is 6.92 Å². The summed E-state index contributed by atoms with van der Waals surface area (Å²) < 4.78 is 0. The summed E-state index contributed by atoms with van der Waals surface area (Å²) in [5, 5.41) is 2.17. The molecular weight excluding hydrogens is 250 g/mol. The molecule has 1 fully saturated rings. The van der Waals surface area contributed by atoms with E-state index in [4.69, 9.17) is 0 Å². The van der Waals surface area contributed by atoms with Crippen molar-refractivity contribution in [3.05, 3.63) is 34.2 Å². The monoisotopic (exact) mass is 263 g/mol. The maximum absolute atomic E-state index is 12.3. The maximum Gasteiger partial charge on any atom is 0.260 e. The number of amides is 3. The number of nitrogens with zero attached hydrogens (tertiary/aromatic N) is 1. The van der Waals surface area contributed by atoms with E-state index in [1.54, 1.807) is 6.92 Å². The first-order valence-corrected chi connectivity index (χ1v) is 5.86. The molecule has 1 unspecified atom stereocenters. The van der Waals surface area contributed by atoms with E-state index in [0.29, 0.717) is 6.42 Å². The largest absolute Gasteiger partial charge is 0.367 e. The lowest BCUT2D eigenvalue weighted by Crippen LogP contribution is -2.59. The minimum atomic E-state index is -0.732. The number of nitrogens with one attached hydrogen (secondary N) is 2. The number of H-pyrrole nitrogens is 1. The Kier molecular flexibility index (Phi) is 3.46. The highest BCUT2D eigenvalue weighted by molar-refractivity contribution is 6.07. The first-order valence-electron chi connectivity index (χ1n) is 5.86. The molecular formula is C12H13N3O4. The normalized spacial score (nSPS) is 19.2. The predicted octanol–water partition coefficient (Wildman–Crippen LogP) is -0.748. The number of imide groups is 1. The van der Waals surface area contributed by atoms with Gasteiger partial charge in [0.15, 0.2) is 5.43 Å². The van der Waals surface area contributed by atoms with Crippen LogP contribution >= 0.6 is 0 Å². The number of carbonyl (C=O) groups is 3. The summed E-state index contributed by atoms with van der Waals surface area (Å²) in [6.07, 6.45) is 3.05. The highest BCUT2D eigenvalue weighted by Crippen LogP contribution is 2.12. The Labute approximate surface area is 108 Å². The van der Waals surface area contributed by atoms with Gasteiger partial charge < -0.3 is 9.88 Å². The second kappa shape index (κ2) is 5.05. The van der Waals surface area contributed by atoms with E-state index in [9.17, 15) is 19.2 Å². The minimum absolute atomic E-state index is 0.0801. The maximum atomic E-state index is 12.3. The lowest BCUT2D eigenvalue weighted by molar-refractivity contribution is -0.138. The molecule has 7 nitrogen and oxygen atoms in total. The highest BCUT2D eigenvalue weighted by atomic mass is 16.2. The van der Waals surface area contributed by atoms with Crippen LogP contribution in [0.15, 0.2) is 23.3 Å². The topological polar surface area (TPSA) is 99.3 Å². The molecule has 100 valence electrons. The molecule has 0 saturated carbocycles. The fourth-order valence-corrected chi connectivity index (χ4v) is 2.02. The summed E-state index contributed by atoms with van der Waals surface area (Å²) >= 11 is 0. The van der Waals surface area contributed by atoms with Crippen molar-refractivity contribution in [2.45, 2.75) is 19.4 Å². The van der Waals surface area contributed by atoms with Gasteiger partial charge in [-0.25, -0.2) is 0 Å². The van der Waals surface area contributed by atoms with E-state index in [1.807, 2.05) is 0 Å². The van der Waals surface area contributed by atoms with Crippen molar-refractivity contribution in [2.24, 2.45) is 0 Å². The van der Waals surface area contributed by atoms with Gasteiger partial charge in [0.1, 0.15) is 18.2 Å². The zero-order chi connectivity index (χ0) is 14.0. The molecule has 1 atom stereocenters. The zero-order valence-corrected chi connectivity index (χ0v) is 10.3. The smallest absolute Gasteiger partial charge is 0.260 e. The molecule has 1 aliphatic rings. The molecule has 2 heterocycles. The van der Waals surface area contributed by atoms with Crippen molar-refractivity contribution in [3.8, 4) is 0 Å². The van der Waals surface area contributed by atoms with E-state index in [1.165, 1.54) is 18.5 Å². The van der Waals surface area contributed by atoms with Crippen LogP contribution in [0.3, 0.4) is 0 Å². The fraction of sp³-hybridized carbons (Fsp3) is 0.333. The Balaban J connectivity index is 2.36. The Morgan fingerprint density at radius 3 is 2.79 bits per heavy atom. The molecule has 7 heteroatoms. The average Bonchev–Trinajstić information content (AvgIpc) is 2.37. The molecule has 1 saturated heterocycles. The van der Waals surface area contributed by atoms with Gasteiger partial charge in [0.2, 0.25) is 11.8 Å². The van der Waals surface area contributed by atoms with Gasteiger partial charge in [0.05, 0.1) is 0 Å². The number of hydrogen-bond acceptors (Lipinski definition) is 4. The van der Waals surface area contributed by atoms with Crippen LogP contribution in [0, 0.1) is 0 Å². The zero-order valence-electron chi connectivity index (χ0n) is 10.3. The van der Waals surface area contributed by atoms with E-state index in [2.05, 4.69) is 10.3 Å². The minimum Gasteiger partial charge on any atom is -0.367 e. The number of hydrogen-bond donors (Lipinski definition) is 2. The van der Waals surface area contributed by atoms with E-state index < -0.39 is 29.2 Å². The highest BCUT2D eigenvalue weighted by Gasteiger charge is 2.36. The fourth-order valence-electron chi connectivity index (χ4n) is 2.02. The van der Waals surface area contributed by atoms with Crippen LogP contribution in [0.4, 0.5) is 0 Å². The van der Waals surface area contributed by atoms with Crippen molar-refractivity contribution in [1.82, 2.24) is 15.2 Å². The Bertz CT molecular complexity index is 593. The number of carbonyl (C=O) groups excluding carboxylic acids is 3. The Morgan fingerprint density at radius 1 is 1.42 bits per heavy atom. The molecule has 0 bridgehead atoms. The molecule has 19 heavy (non-hydrogen) atoms. The van der Waals surface area contributed by atoms with Crippen LogP contribution in [0.25, 0.3) is 0 Å². The van der Waals surface area contributed by atoms with Gasteiger partial charge in [-0.2, -0.15) is 0 Å². The second-order valence-electron chi connectivity index (χ2n) is 4.19. The summed E-state index contributed by atoms with van der Waals surface area (Å²) in [5.41, 5.74) is -0.527. The third-order valence-corrected chi connectivity index (χ3v) is 2.96. The molecule has 3 amide bonds. The first-order chi connectivity index (χ1) is 9.04. The molecule has 0 radical (unpaired) electrons. The molecule has 1 aromatic heterocycles. The molecule has 0 aliphatic carbocycles. The van der Waals surface area contributed by atoms with Crippen molar-refractivity contribution in [3.63, 3.8) is 0 Å². The SMILES string of the molecule is CCC1C(=O)NC(=O)CN1C(=O)c1c[nH]ccc1=O. The van der Waals surface area contributed by atoms with Crippen molar-refractivity contribution in [2.75, 3.05) is 6.54 Å². The number of pyridine rings is 1. The summed E-state index contributed by atoms with van der Waals surface area (Å²) in [4.78, 5) is 50.6. The van der Waals surface area contributed by atoms with E-state index >= 15 is 0 Å². The number of rotatable bonds is 2. The van der Waals surface area contributed by atoms with Gasteiger partial charge in [-0.15, -0.1) is 0 Å². The van der Waals surface area contributed by atoms with E-state index in [0.717, 1.165) is 4.90 Å². The summed E-state index contributed by atoms with van der Waals surface area (Å²) in [5.74, 6) is -1.67. The van der Waals surface area contributed by atoms with Crippen LogP contribution in [0.1, 0.15) is 23.7 Å². The summed E-state index contributed by atoms with van der Waals surface area (Å²) in [6, 6.07) is 0.491. The van der Waals surface area contributed by atoms with Crippen LogP contribution in [0.2, 0.25) is 0 Å². The van der Waals surface area contributed by atoms with Gasteiger partial charge in [-0.3, -0.25) is 24.5 Å². The molecule has 0 spiro atoms. The second-order valence-corrected chi connectivity index (χ2v) is 4.19. The number of aromatic nitrogens is 1. The summed E-state index contributed by atoms with van der Waals surface area (Å²) in [6.45, 7) is 1.51. The lowest BCUT2D eigenvalue weighted by atomic mass is 10.1. The van der Waals surface area contributed by atoms with Crippen LogP contribution in [-0.4, -0.2) is 40.2 Å². The van der Waals surface area contributed by atoms with Crippen molar-refractivity contribution >= 4 is 17.7 Å². The quantitative estimate of drug-likeness (QED) is 0.686. The predicted molar refractivity (Wildman–Crippen MR) is 65.3 cm³/mol. The van der Waals surface area contributed by atoms with Crippen LogP contribution in [-0.2, 0) is 9.59 Å². The van der Waals surface area contributed by atoms with Crippen molar-refractivity contribution in [1.29, 1.82) is 0 Å². The first kappa shape index (κ1) is 13.0. The number of piperazine rings is 1. The van der Waals surface area contributed by atoms with E-state index in [-0.39, 0.29) is 12.1 Å². The summed E-state index contributed by atoms with van der Waals surface area (Å²) in [7, 11) is 0. The van der Waals surface area contributed by atoms with Crippen LogP contribution < -0.4 is 10.7 Å². The standard InChI is InChI=1S/C12H13N3O4/c1-2-8-11(18)14-10(17)6-15(8)12(19)7-5-13-4-3-9(7)16/h3-5,8H,2,6H2,1H3,(H,13,16)(H,14,17,18). The third kappa shape index (κ3) is 2.40.